The summed E-state index contributed by atoms with van der Waals surface area (Å²) in [5.74, 6) is -0.845. The zero-order valence-electron chi connectivity index (χ0n) is 21.7. The van der Waals surface area contributed by atoms with Crippen molar-refractivity contribution in [2.75, 3.05) is 19.7 Å². The van der Waals surface area contributed by atoms with Crippen LogP contribution in [0.4, 0.5) is 0 Å². The van der Waals surface area contributed by atoms with E-state index in [0.717, 1.165) is 0 Å². The third-order valence-electron chi connectivity index (χ3n) is 7.51. The quantitative estimate of drug-likeness (QED) is 0.113. The second kappa shape index (κ2) is 14.3. The van der Waals surface area contributed by atoms with E-state index in [1.807, 2.05) is 0 Å². The second-order valence-corrected chi connectivity index (χ2v) is 10.3. The molecule has 40 heavy (non-hydrogen) atoms. The molecule has 0 aromatic rings. The van der Waals surface area contributed by atoms with Gasteiger partial charge in [0.25, 0.3) is 0 Å². The number of aliphatic hydroxyl groups is 8. The monoisotopic (exact) mass is 585 g/mol. The van der Waals surface area contributed by atoms with Gasteiger partial charge in [-0.15, -0.1) is 0 Å². The molecule has 0 bridgehead atoms. The lowest BCUT2D eigenvalue weighted by Crippen LogP contribution is -2.69. The van der Waals surface area contributed by atoms with Gasteiger partial charge in [-0.3, -0.25) is 4.79 Å². The summed E-state index contributed by atoms with van der Waals surface area (Å²) >= 11 is 0. The van der Waals surface area contributed by atoms with Gasteiger partial charge < -0.3 is 88.1 Å². The molecule has 0 aromatic heterocycles. The minimum atomic E-state index is -1.76. The van der Waals surface area contributed by atoms with E-state index in [1.54, 1.807) is 0 Å². The van der Waals surface area contributed by atoms with Crippen molar-refractivity contribution in [3.63, 3.8) is 0 Å². The highest BCUT2D eigenvalue weighted by Gasteiger charge is 2.52. The summed E-state index contributed by atoms with van der Waals surface area (Å²) in [5.41, 5.74) is 23.1. The van der Waals surface area contributed by atoms with E-state index >= 15 is 0 Å². The predicted octanol–water partition coefficient (Wildman–Crippen LogP) is -8.42. The van der Waals surface area contributed by atoms with E-state index in [9.17, 15) is 45.6 Å². The summed E-state index contributed by atoms with van der Waals surface area (Å²) in [6.07, 6.45) is -19.8. The summed E-state index contributed by atoms with van der Waals surface area (Å²) in [6.45, 7) is -0.898. The van der Waals surface area contributed by atoms with Gasteiger partial charge >= 0.3 is 0 Å². The van der Waals surface area contributed by atoms with Crippen molar-refractivity contribution in [3.05, 3.63) is 0 Å². The fraction of sp³-hybridized carbons (Fsp3) is 0.955. The minimum absolute atomic E-state index is 0.0101. The molecule has 0 radical (unpaired) electrons. The molecule has 0 unspecified atom stereocenters. The number of amides is 1. The van der Waals surface area contributed by atoms with Crippen LogP contribution in [0.1, 0.15) is 12.8 Å². The topological polar surface area (TPSA) is 332 Å². The Bertz CT molecular complexity index is 815. The molecular formula is C22H43N5O13. The van der Waals surface area contributed by atoms with Gasteiger partial charge in [0.15, 0.2) is 12.6 Å². The molecule has 3 rings (SSSR count). The maximum absolute atomic E-state index is 12.6. The van der Waals surface area contributed by atoms with Crippen molar-refractivity contribution in [1.82, 2.24) is 5.32 Å². The highest BCUT2D eigenvalue weighted by molar-refractivity contribution is 5.80. The Morgan fingerprint density at radius 1 is 0.850 bits per heavy atom. The van der Waals surface area contributed by atoms with Crippen LogP contribution in [0.3, 0.4) is 0 Å². The van der Waals surface area contributed by atoms with E-state index < -0.39 is 110 Å². The van der Waals surface area contributed by atoms with Gasteiger partial charge in [-0.05, 0) is 19.4 Å². The highest BCUT2D eigenvalue weighted by Crippen LogP contribution is 2.32. The summed E-state index contributed by atoms with van der Waals surface area (Å²) in [6, 6.07) is -3.45. The zero-order chi connectivity index (χ0) is 29.9. The Balaban J connectivity index is 1.85. The Hall–Kier alpha value is -1.17. The second-order valence-electron chi connectivity index (χ2n) is 10.3. The average Bonchev–Trinajstić information content (AvgIpc) is 2.92. The Kier molecular flexibility index (Phi) is 11.9. The third-order valence-corrected chi connectivity index (χ3v) is 7.51. The fourth-order valence-electron chi connectivity index (χ4n) is 5.07. The molecule has 234 valence electrons. The molecule has 2 aliphatic heterocycles. The van der Waals surface area contributed by atoms with E-state index in [1.165, 1.54) is 0 Å². The van der Waals surface area contributed by atoms with Gasteiger partial charge in [0, 0.05) is 12.6 Å². The highest BCUT2D eigenvalue weighted by atomic mass is 16.7. The molecule has 1 aliphatic carbocycles. The molecule has 1 amide bonds. The van der Waals surface area contributed by atoms with Crippen LogP contribution in [0.15, 0.2) is 0 Å². The number of rotatable bonds is 10. The molecule has 18 nitrogen and oxygen atoms in total. The smallest absolute Gasteiger partial charge is 0.249 e. The first-order valence-electron chi connectivity index (χ1n) is 13.1. The van der Waals surface area contributed by atoms with Gasteiger partial charge in [-0.25, -0.2) is 0 Å². The number of hydrogen-bond acceptors (Lipinski definition) is 17. The first kappa shape index (κ1) is 33.3. The molecule has 16 atom stereocenters. The van der Waals surface area contributed by atoms with E-state index in [0.29, 0.717) is 0 Å². The van der Waals surface area contributed by atoms with Crippen LogP contribution in [0.2, 0.25) is 0 Å². The maximum Gasteiger partial charge on any atom is 0.249 e. The van der Waals surface area contributed by atoms with Crippen LogP contribution in [-0.2, 0) is 23.7 Å². The van der Waals surface area contributed by atoms with Crippen LogP contribution >= 0.6 is 0 Å². The van der Waals surface area contributed by atoms with Crippen molar-refractivity contribution >= 4 is 5.91 Å². The number of nitrogens with one attached hydrogen (secondary N) is 1. The first-order valence-corrected chi connectivity index (χ1v) is 13.1. The lowest BCUT2D eigenvalue weighted by atomic mass is 9.83. The minimum Gasteiger partial charge on any atom is -0.394 e. The van der Waals surface area contributed by atoms with Gasteiger partial charge in [-0.2, -0.15) is 0 Å². The fourth-order valence-corrected chi connectivity index (χ4v) is 5.07. The Morgan fingerprint density at radius 3 is 2.05 bits per heavy atom. The molecule has 2 saturated heterocycles. The Labute approximate surface area is 229 Å². The lowest BCUT2D eigenvalue weighted by molar-refractivity contribution is -0.332. The molecule has 0 spiro atoms. The summed E-state index contributed by atoms with van der Waals surface area (Å²) in [7, 11) is 0. The normalized spacial score (nSPS) is 47.0. The lowest BCUT2D eigenvalue weighted by Gasteiger charge is -2.49. The van der Waals surface area contributed by atoms with Gasteiger partial charge in [0.05, 0.1) is 18.7 Å². The van der Waals surface area contributed by atoms with Crippen molar-refractivity contribution in [2.24, 2.45) is 22.9 Å². The number of carbonyl (C=O) groups is 1. The summed E-state index contributed by atoms with van der Waals surface area (Å²) in [5, 5.41) is 84.9. The van der Waals surface area contributed by atoms with E-state index in [-0.39, 0.29) is 25.9 Å². The van der Waals surface area contributed by atoms with Gasteiger partial charge in [0.1, 0.15) is 67.1 Å². The first-order chi connectivity index (χ1) is 18.9. The van der Waals surface area contributed by atoms with Crippen LogP contribution in [-0.4, -0.2) is 164 Å². The number of ether oxygens (including phenoxy) is 4. The summed E-state index contributed by atoms with van der Waals surface area (Å²) < 4.78 is 22.5. The van der Waals surface area contributed by atoms with Crippen molar-refractivity contribution in [3.8, 4) is 0 Å². The maximum atomic E-state index is 12.6. The van der Waals surface area contributed by atoms with E-state index in [4.69, 9.17) is 41.9 Å². The van der Waals surface area contributed by atoms with Crippen LogP contribution in [0.5, 0.6) is 0 Å². The molecule has 17 N–H and O–H groups in total. The standard InChI is InChI=1S/C22H43N5O13/c23-2-1-8(29)20(36)27-7-3-6(25)18(39-22-16(34)15(33)13(31)9(4-24)37-22)17(35)19(7)40-21-14(32)11(26)12(30)10(5-28)38-21/h6-19,21-22,28-35H,1-5,23-26H2,(H,27,36)/t6-,7+,8+,9-,10-,11+,12-,13-,14-,15+,16-,17-,18+,19-,21-,22-/m1/s1. The van der Waals surface area contributed by atoms with Crippen molar-refractivity contribution < 1.29 is 64.6 Å². The Morgan fingerprint density at radius 2 is 1.45 bits per heavy atom. The zero-order valence-corrected chi connectivity index (χ0v) is 21.7. The number of hydrogen-bond donors (Lipinski definition) is 13. The number of aliphatic hydroxyl groups excluding tert-OH is 8. The van der Waals surface area contributed by atoms with E-state index in [2.05, 4.69) is 5.32 Å². The van der Waals surface area contributed by atoms with Gasteiger partial charge in [0.2, 0.25) is 5.91 Å². The van der Waals surface area contributed by atoms with Crippen molar-refractivity contribution in [1.29, 1.82) is 0 Å². The SMILES string of the molecule is NCC[C@H](O)C(=O)N[C@H]1C[C@@H](N)[C@H](O[C@H]2O[C@H](CN)[C@@H](O)[C@H](O)[C@H]2O)[C@@H](O)[C@@H]1O[C@H]1O[C@H](CO)[C@@H](O)[C@H](N)[C@H]1O. The van der Waals surface area contributed by atoms with Crippen molar-refractivity contribution in [2.45, 2.75) is 111 Å². The largest absolute Gasteiger partial charge is 0.394 e. The molecule has 0 aromatic carbocycles. The molecule has 18 heteroatoms. The van der Waals surface area contributed by atoms with Crippen LogP contribution in [0.25, 0.3) is 0 Å². The molecular weight excluding hydrogens is 542 g/mol. The third kappa shape index (κ3) is 7.06. The van der Waals surface area contributed by atoms with Crippen LogP contribution in [0, 0.1) is 0 Å². The molecule has 3 fully saturated rings. The average molecular weight is 586 g/mol. The summed E-state index contributed by atoms with van der Waals surface area (Å²) in [4.78, 5) is 12.6. The van der Waals surface area contributed by atoms with Crippen LogP contribution < -0.4 is 28.3 Å². The molecule has 3 aliphatic rings. The molecule has 2 heterocycles. The van der Waals surface area contributed by atoms with Gasteiger partial charge in [-0.1, -0.05) is 0 Å². The predicted molar refractivity (Wildman–Crippen MR) is 131 cm³/mol. The molecule has 1 saturated carbocycles. The number of carbonyl (C=O) groups excluding carboxylic acids is 1. The number of nitrogens with two attached hydrogens (primary N) is 4.